The Morgan fingerprint density at radius 1 is 0.368 bits per heavy atom. The summed E-state index contributed by atoms with van der Waals surface area (Å²) < 4.78 is 0. The Hall–Kier alpha value is -4.18. The molecule has 0 unspecified atom stereocenters. The van der Waals surface area contributed by atoms with Crippen LogP contribution in [0.3, 0.4) is 0 Å². The van der Waals surface area contributed by atoms with Crippen LogP contribution in [-0.4, -0.2) is 47.8 Å². The molecule has 0 aromatic heterocycles. The second kappa shape index (κ2) is 14.5. The Labute approximate surface area is 226 Å². The van der Waals surface area contributed by atoms with Gasteiger partial charge >= 0.3 is 11.8 Å². The largest absolute Gasteiger partial charge is 0.334 e. The maximum atomic E-state index is 13.7. The molecule has 0 bridgehead atoms. The lowest BCUT2D eigenvalue weighted by Crippen LogP contribution is -2.47. The van der Waals surface area contributed by atoms with E-state index in [2.05, 4.69) is 48.5 Å². The van der Waals surface area contributed by atoms with Gasteiger partial charge in [-0.05, 0) is 47.9 Å². The second-order valence-electron chi connectivity index (χ2n) is 9.53. The first kappa shape index (κ1) is 26.9. The molecule has 0 fully saturated rings. The van der Waals surface area contributed by atoms with Crippen LogP contribution in [0.25, 0.3) is 0 Å². The summed E-state index contributed by atoms with van der Waals surface area (Å²) in [5, 5.41) is 0. The molecule has 2 amide bonds. The van der Waals surface area contributed by atoms with Gasteiger partial charge in [-0.1, -0.05) is 121 Å². The highest BCUT2D eigenvalue weighted by atomic mass is 16.2. The molecule has 0 N–H and O–H groups in total. The van der Waals surface area contributed by atoms with Crippen LogP contribution in [0.5, 0.6) is 0 Å². The van der Waals surface area contributed by atoms with Crippen LogP contribution in [-0.2, 0) is 35.3 Å². The zero-order valence-electron chi connectivity index (χ0n) is 21.9. The molecule has 4 aromatic rings. The Balaban J connectivity index is 1.48. The molecule has 4 rings (SSSR count). The van der Waals surface area contributed by atoms with Gasteiger partial charge in [0, 0.05) is 26.2 Å². The van der Waals surface area contributed by atoms with Gasteiger partial charge in [0.05, 0.1) is 0 Å². The van der Waals surface area contributed by atoms with E-state index in [1.807, 2.05) is 72.8 Å². The van der Waals surface area contributed by atoms with Crippen LogP contribution in [0.1, 0.15) is 22.3 Å². The Bertz CT molecular complexity index is 1060. The molecule has 0 atom stereocenters. The maximum Gasteiger partial charge on any atom is 0.312 e. The number of carbonyl (C=O) groups is 2. The summed E-state index contributed by atoms with van der Waals surface area (Å²) in [6.45, 7) is 2.03. The fourth-order valence-electron chi connectivity index (χ4n) is 4.54. The fraction of sp³-hybridized carbons (Fsp3) is 0.235. The predicted molar refractivity (Wildman–Crippen MR) is 154 cm³/mol. The average molecular weight is 505 g/mol. The number of hydrogen-bond acceptors (Lipinski definition) is 2. The second-order valence-corrected chi connectivity index (χ2v) is 9.53. The van der Waals surface area contributed by atoms with Crippen molar-refractivity contribution in [2.75, 3.05) is 26.2 Å². The lowest BCUT2D eigenvalue weighted by atomic mass is 10.1. The van der Waals surface area contributed by atoms with Gasteiger partial charge in [-0.15, -0.1) is 0 Å². The fourth-order valence-corrected chi connectivity index (χ4v) is 4.54. The standard InChI is InChI=1S/C34H36N2O2/c37-33(35(25-21-29-13-5-1-6-14-29)26-22-30-15-7-2-8-16-30)34(38)36(27-23-31-17-9-3-10-18-31)28-24-32-19-11-4-12-20-32/h1-20H,21-28H2. The maximum absolute atomic E-state index is 13.7. The molecule has 0 radical (unpaired) electrons. The van der Waals surface area contributed by atoms with E-state index in [1.54, 1.807) is 9.80 Å². The van der Waals surface area contributed by atoms with Crippen molar-refractivity contribution in [3.05, 3.63) is 144 Å². The van der Waals surface area contributed by atoms with Crippen molar-refractivity contribution >= 4 is 11.8 Å². The number of carbonyl (C=O) groups excluding carboxylic acids is 2. The highest BCUT2D eigenvalue weighted by molar-refractivity contribution is 6.34. The first-order valence-electron chi connectivity index (χ1n) is 13.4. The van der Waals surface area contributed by atoms with Crippen molar-refractivity contribution < 1.29 is 9.59 Å². The lowest BCUT2D eigenvalue weighted by molar-refractivity contribution is -0.151. The van der Waals surface area contributed by atoms with Gasteiger partial charge in [0.2, 0.25) is 0 Å². The molecule has 0 saturated carbocycles. The third-order valence-corrected chi connectivity index (χ3v) is 6.81. The van der Waals surface area contributed by atoms with E-state index in [0.29, 0.717) is 51.9 Å². The first-order chi connectivity index (χ1) is 18.7. The van der Waals surface area contributed by atoms with E-state index in [1.165, 1.54) is 0 Å². The third-order valence-electron chi connectivity index (χ3n) is 6.81. The van der Waals surface area contributed by atoms with E-state index in [0.717, 1.165) is 22.3 Å². The summed E-state index contributed by atoms with van der Waals surface area (Å²) in [7, 11) is 0. The van der Waals surface area contributed by atoms with Crippen LogP contribution < -0.4 is 0 Å². The molecule has 4 heteroatoms. The van der Waals surface area contributed by atoms with Gasteiger partial charge in [0.25, 0.3) is 0 Å². The van der Waals surface area contributed by atoms with E-state index in [4.69, 9.17) is 0 Å². The zero-order chi connectivity index (χ0) is 26.4. The summed E-state index contributed by atoms with van der Waals surface area (Å²) >= 11 is 0. The van der Waals surface area contributed by atoms with Crippen molar-refractivity contribution in [3.63, 3.8) is 0 Å². The summed E-state index contributed by atoms with van der Waals surface area (Å²) in [5.41, 5.74) is 4.62. The van der Waals surface area contributed by atoms with Crippen molar-refractivity contribution in [1.82, 2.24) is 9.80 Å². The lowest BCUT2D eigenvalue weighted by Gasteiger charge is -2.27. The van der Waals surface area contributed by atoms with E-state index >= 15 is 0 Å². The number of nitrogens with zero attached hydrogens (tertiary/aromatic N) is 2. The van der Waals surface area contributed by atoms with Crippen LogP contribution >= 0.6 is 0 Å². The molecule has 0 aliphatic heterocycles. The summed E-state index contributed by atoms with van der Waals surface area (Å²) in [6.07, 6.45) is 2.84. The summed E-state index contributed by atoms with van der Waals surface area (Å²) in [6, 6.07) is 40.5. The minimum Gasteiger partial charge on any atom is -0.334 e. The molecule has 0 heterocycles. The van der Waals surface area contributed by atoms with Gasteiger partial charge < -0.3 is 9.80 Å². The number of benzene rings is 4. The molecular formula is C34H36N2O2. The predicted octanol–water partition coefficient (Wildman–Crippen LogP) is 5.61. The molecule has 4 aromatic carbocycles. The smallest absolute Gasteiger partial charge is 0.312 e. The number of amides is 2. The van der Waals surface area contributed by atoms with Crippen molar-refractivity contribution in [1.29, 1.82) is 0 Å². The molecule has 0 saturated heterocycles. The Morgan fingerprint density at radius 3 is 0.789 bits per heavy atom. The van der Waals surface area contributed by atoms with Gasteiger partial charge in [0.1, 0.15) is 0 Å². The normalized spacial score (nSPS) is 10.6. The van der Waals surface area contributed by atoms with Crippen molar-refractivity contribution in [2.24, 2.45) is 0 Å². The van der Waals surface area contributed by atoms with Crippen LogP contribution in [0, 0.1) is 0 Å². The third kappa shape index (κ3) is 8.45. The number of hydrogen-bond donors (Lipinski definition) is 0. The topological polar surface area (TPSA) is 40.6 Å². The van der Waals surface area contributed by atoms with Crippen LogP contribution in [0.15, 0.2) is 121 Å². The Kier molecular flexibility index (Phi) is 10.3. The Morgan fingerprint density at radius 2 is 0.579 bits per heavy atom. The van der Waals surface area contributed by atoms with Gasteiger partial charge in [0.15, 0.2) is 0 Å². The average Bonchev–Trinajstić information content (AvgIpc) is 2.99. The molecule has 4 nitrogen and oxygen atoms in total. The van der Waals surface area contributed by atoms with E-state index in [9.17, 15) is 9.59 Å². The van der Waals surface area contributed by atoms with Gasteiger partial charge in [-0.3, -0.25) is 9.59 Å². The minimum atomic E-state index is -0.419. The summed E-state index contributed by atoms with van der Waals surface area (Å²) in [4.78, 5) is 30.8. The van der Waals surface area contributed by atoms with Crippen molar-refractivity contribution in [2.45, 2.75) is 25.7 Å². The van der Waals surface area contributed by atoms with Gasteiger partial charge in [-0.25, -0.2) is 0 Å². The van der Waals surface area contributed by atoms with E-state index < -0.39 is 11.8 Å². The van der Waals surface area contributed by atoms with Crippen LogP contribution in [0.4, 0.5) is 0 Å². The van der Waals surface area contributed by atoms with E-state index in [-0.39, 0.29) is 0 Å². The molecule has 0 aliphatic rings. The first-order valence-corrected chi connectivity index (χ1v) is 13.4. The minimum absolute atomic E-state index is 0.419. The molecule has 0 aliphatic carbocycles. The number of rotatable bonds is 12. The molecular weight excluding hydrogens is 468 g/mol. The monoisotopic (exact) mass is 504 g/mol. The summed E-state index contributed by atoms with van der Waals surface area (Å²) in [5.74, 6) is -0.837. The molecule has 38 heavy (non-hydrogen) atoms. The zero-order valence-corrected chi connectivity index (χ0v) is 21.9. The molecule has 194 valence electrons. The van der Waals surface area contributed by atoms with Crippen molar-refractivity contribution in [3.8, 4) is 0 Å². The highest BCUT2D eigenvalue weighted by Gasteiger charge is 2.27. The highest BCUT2D eigenvalue weighted by Crippen LogP contribution is 2.10. The van der Waals surface area contributed by atoms with Crippen LogP contribution in [0.2, 0.25) is 0 Å². The molecule has 0 spiro atoms. The van der Waals surface area contributed by atoms with Gasteiger partial charge in [-0.2, -0.15) is 0 Å². The quantitative estimate of drug-likeness (QED) is 0.235. The SMILES string of the molecule is O=C(C(=O)N(CCc1ccccc1)CCc1ccccc1)N(CCc1ccccc1)CCc1ccccc1.